The van der Waals surface area contributed by atoms with Crippen LogP contribution in [0.3, 0.4) is 0 Å². The van der Waals surface area contributed by atoms with Crippen LogP contribution in [-0.2, 0) is 15.7 Å². The molecule has 2 rings (SSSR count). The van der Waals surface area contributed by atoms with E-state index in [9.17, 15) is 18.0 Å². The summed E-state index contributed by atoms with van der Waals surface area (Å²) in [5.41, 5.74) is -0.369. The van der Waals surface area contributed by atoms with E-state index in [-0.39, 0.29) is 13.2 Å². The Balaban J connectivity index is 1.72. The minimum atomic E-state index is -4.42. The lowest BCUT2D eigenvalue weighted by Crippen LogP contribution is -2.30. The van der Waals surface area contributed by atoms with Crippen molar-refractivity contribution in [2.24, 2.45) is 0 Å². The fraction of sp³-hybridized carbons (Fsp3) is 0.316. The Morgan fingerprint density at radius 2 is 1.81 bits per heavy atom. The zero-order valence-corrected chi connectivity index (χ0v) is 14.3. The molecule has 0 saturated heterocycles. The van der Waals surface area contributed by atoms with Crippen LogP contribution >= 0.6 is 0 Å². The van der Waals surface area contributed by atoms with Crippen molar-refractivity contribution in [2.75, 3.05) is 19.8 Å². The zero-order chi connectivity index (χ0) is 19.0. The number of alkyl halides is 3. The number of carbonyl (C=O) groups is 1. The van der Waals surface area contributed by atoms with Gasteiger partial charge in [-0.1, -0.05) is 30.3 Å². The van der Waals surface area contributed by atoms with Crippen LogP contribution in [0.5, 0.6) is 5.75 Å². The lowest BCUT2D eigenvalue weighted by Gasteiger charge is -2.16. The van der Waals surface area contributed by atoms with E-state index in [2.05, 4.69) is 5.32 Å². The molecule has 4 nitrogen and oxygen atoms in total. The average Bonchev–Trinajstić information content (AvgIpc) is 2.61. The molecule has 0 aliphatic heterocycles. The van der Waals surface area contributed by atoms with E-state index in [1.165, 1.54) is 12.1 Å². The van der Waals surface area contributed by atoms with E-state index in [1.807, 2.05) is 30.3 Å². The molecule has 0 radical (unpaired) electrons. The quantitative estimate of drug-likeness (QED) is 0.718. The van der Waals surface area contributed by atoms with Crippen LogP contribution in [0.2, 0.25) is 0 Å². The zero-order valence-electron chi connectivity index (χ0n) is 14.3. The molecule has 0 fully saturated rings. The maximum Gasteiger partial charge on any atom is 0.416 e. The topological polar surface area (TPSA) is 47.6 Å². The van der Waals surface area contributed by atoms with Crippen molar-refractivity contribution in [3.05, 3.63) is 65.7 Å². The van der Waals surface area contributed by atoms with Crippen LogP contribution in [0.25, 0.3) is 0 Å². The summed E-state index contributed by atoms with van der Waals surface area (Å²) in [6.07, 6.45) is -4.42. The number of benzene rings is 2. The van der Waals surface area contributed by atoms with Gasteiger partial charge in [0.2, 0.25) is 5.91 Å². The van der Waals surface area contributed by atoms with Crippen LogP contribution in [-0.4, -0.2) is 25.7 Å². The molecule has 0 saturated carbocycles. The molecule has 0 aliphatic rings. The van der Waals surface area contributed by atoms with Crippen molar-refractivity contribution >= 4 is 5.91 Å². The fourth-order valence-electron chi connectivity index (χ4n) is 2.25. The van der Waals surface area contributed by atoms with Crippen molar-refractivity contribution in [2.45, 2.75) is 19.1 Å². The van der Waals surface area contributed by atoms with Gasteiger partial charge in [0.25, 0.3) is 0 Å². The SMILES string of the molecule is C[C@@H](NC(=O)COCCOc1ccccc1)c1cccc(C(F)(F)F)c1. The van der Waals surface area contributed by atoms with Gasteiger partial charge in [-0.3, -0.25) is 4.79 Å². The van der Waals surface area contributed by atoms with E-state index in [0.29, 0.717) is 17.9 Å². The van der Waals surface area contributed by atoms with Crippen molar-refractivity contribution in [1.29, 1.82) is 0 Å². The number of ether oxygens (including phenoxy) is 2. The molecule has 1 amide bonds. The molecule has 1 atom stereocenters. The van der Waals surface area contributed by atoms with Crippen LogP contribution in [0.15, 0.2) is 54.6 Å². The Kier molecular flexibility index (Phi) is 7.03. The van der Waals surface area contributed by atoms with Gasteiger partial charge in [0.1, 0.15) is 19.0 Å². The van der Waals surface area contributed by atoms with Gasteiger partial charge in [-0.15, -0.1) is 0 Å². The predicted octanol–water partition coefficient (Wildman–Crippen LogP) is 3.98. The normalized spacial score (nSPS) is 12.5. The van der Waals surface area contributed by atoms with Crippen molar-refractivity contribution < 1.29 is 27.4 Å². The highest BCUT2D eigenvalue weighted by atomic mass is 19.4. The van der Waals surface area contributed by atoms with E-state index < -0.39 is 23.7 Å². The third kappa shape index (κ3) is 6.40. The summed E-state index contributed by atoms with van der Waals surface area (Å²) >= 11 is 0. The maximum absolute atomic E-state index is 12.7. The Labute approximate surface area is 149 Å². The molecule has 0 aromatic heterocycles. The summed E-state index contributed by atoms with van der Waals surface area (Å²) in [6.45, 7) is 1.94. The fourth-order valence-corrected chi connectivity index (χ4v) is 2.25. The van der Waals surface area contributed by atoms with Crippen molar-refractivity contribution in [3.8, 4) is 5.75 Å². The Morgan fingerprint density at radius 1 is 1.08 bits per heavy atom. The average molecular weight is 367 g/mol. The van der Waals surface area contributed by atoms with Crippen LogP contribution < -0.4 is 10.1 Å². The minimum absolute atomic E-state index is 0.193. The molecule has 140 valence electrons. The highest BCUT2D eigenvalue weighted by Crippen LogP contribution is 2.30. The van der Waals surface area contributed by atoms with Gasteiger partial charge in [0.05, 0.1) is 18.2 Å². The monoisotopic (exact) mass is 367 g/mol. The second-order valence-corrected chi connectivity index (χ2v) is 5.63. The molecule has 0 heterocycles. The number of nitrogens with one attached hydrogen (secondary N) is 1. The van der Waals surface area contributed by atoms with E-state index in [1.54, 1.807) is 6.92 Å². The molecule has 0 spiro atoms. The second-order valence-electron chi connectivity index (χ2n) is 5.63. The second kappa shape index (κ2) is 9.24. The molecule has 7 heteroatoms. The molecule has 2 aromatic carbocycles. The molecule has 0 bridgehead atoms. The van der Waals surface area contributed by atoms with Crippen molar-refractivity contribution in [1.82, 2.24) is 5.32 Å². The Morgan fingerprint density at radius 3 is 2.50 bits per heavy atom. The molecule has 0 unspecified atom stereocenters. The van der Waals surface area contributed by atoms with Gasteiger partial charge in [-0.2, -0.15) is 13.2 Å². The van der Waals surface area contributed by atoms with Crippen LogP contribution in [0, 0.1) is 0 Å². The van der Waals surface area contributed by atoms with Gasteiger partial charge >= 0.3 is 6.18 Å². The number of para-hydroxylation sites is 1. The summed E-state index contributed by atoms with van der Waals surface area (Å²) in [5.74, 6) is 0.299. The number of carbonyl (C=O) groups excluding carboxylic acids is 1. The number of halogens is 3. The lowest BCUT2D eigenvalue weighted by atomic mass is 10.0. The number of hydrogen-bond acceptors (Lipinski definition) is 3. The Bertz CT molecular complexity index is 705. The van der Waals surface area contributed by atoms with Gasteiger partial charge in [-0.25, -0.2) is 0 Å². The van der Waals surface area contributed by atoms with Gasteiger partial charge in [0.15, 0.2) is 0 Å². The van der Waals surface area contributed by atoms with E-state index in [0.717, 1.165) is 12.1 Å². The standard InChI is InChI=1S/C19H20F3NO3/c1-14(15-6-5-7-16(12-15)19(20,21)22)23-18(24)13-25-10-11-26-17-8-3-2-4-9-17/h2-9,12,14H,10-11,13H2,1H3,(H,23,24)/t14-/m1/s1. The number of amides is 1. The molecule has 2 aromatic rings. The van der Waals surface area contributed by atoms with Crippen LogP contribution in [0.1, 0.15) is 24.1 Å². The summed E-state index contributed by atoms with van der Waals surface area (Å²) in [4.78, 5) is 11.8. The Hall–Kier alpha value is -2.54. The summed E-state index contributed by atoms with van der Waals surface area (Å²) in [6, 6.07) is 13.5. The summed E-state index contributed by atoms with van der Waals surface area (Å²) in [7, 11) is 0. The predicted molar refractivity (Wildman–Crippen MR) is 90.8 cm³/mol. The lowest BCUT2D eigenvalue weighted by molar-refractivity contribution is -0.137. The maximum atomic E-state index is 12.7. The number of rotatable bonds is 8. The van der Waals surface area contributed by atoms with Gasteiger partial charge in [0, 0.05) is 0 Å². The minimum Gasteiger partial charge on any atom is -0.491 e. The van der Waals surface area contributed by atoms with E-state index in [4.69, 9.17) is 9.47 Å². The molecular formula is C19H20F3NO3. The van der Waals surface area contributed by atoms with Crippen LogP contribution in [0.4, 0.5) is 13.2 Å². The van der Waals surface area contributed by atoms with Gasteiger partial charge < -0.3 is 14.8 Å². The first-order valence-electron chi connectivity index (χ1n) is 8.08. The van der Waals surface area contributed by atoms with Crippen molar-refractivity contribution in [3.63, 3.8) is 0 Å². The first kappa shape index (κ1) is 19.8. The molecule has 0 aliphatic carbocycles. The molecule has 1 N–H and O–H groups in total. The highest BCUT2D eigenvalue weighted by Gasteiger charge is 2.30. The summed E-state index contributed by atoms with van der Waals surface area (Å²) < 4.78 is 48.8. The first-order valence-corrected chi connectivity index (χ1v) is 8.08. The van der Waals surface area contributed by atoms with E-state index >= 15 is 0 Å². The van der Waals surface area contributed by atoms with Gasteiger partial charge in [-0.05, 0) is 36.8 Å². The first-order chi connectivity index (χ1) is 12.4. The largest absolute Gasteiger partial charge is 0.491 e. The molecular weight excluding hydrogens is 347 g/mol. The molecule has 26 heavy (non-hydrogen) atoms. The smallest absolute Gasteiger partial charge is 0.416 e. The highest BCUT2D eigenvalue weighted by molar-refractivity contribution is 5.77. The summed E-state index contributed by atoms with van der Waals surface area (Å²) in [5, 5.41) is 2.61. The number of hydrogen-bond donors (Lipinski definition) is 1. The third-order valence-electron chi connectivity index (χ3n) is 3.56. The third-order valence-corrected chi connectivity index (χ3v) is 3.56.